The summed E-state index contributed by atoms with van der Waals surface area (Å²) >= 11 is 0. The fraction of sp³-hybridized carbons (Fsp3) is 0.545. The zero-order valence-electron chi connectivity index (χ0n) is 10.2. The van der Waals surface area contributed by atoms with Gasteiger partial charge in [-0.1, -0.05) is 0 Å². The molecule has 0 amide bonds. The van der Waals surface area contributed by atoms with Crippen molar-refractivity contribution in [1.29, 1.82) is 0 Å². The van der Waals surface area contributed by atoms with Crippen LogP contribution in [0.4, 0.5) is 17.3 Å². The lowest BCUT2D eigenvalue weighted by atomic mass is 10.0. The number of nitrogens with one attached hydrogen (secondary N) is 1. The highest BCUT2D eigenvalue weighted by Gasteiger charge is 2.29. The van der Waals surface area contributed by atoms with Gasteiger partial charge in [-0.3, -0.25) is 10.1 Å². The summed E-state index contributed by atoms with van der Waals surface area (Å²) in [5.74, 6) is 0.530. The number of nitrogen functional groups attached to an aromatic ring is 1. The summed E-state index contributed by atoms with van der Waals surface area (Å²) in [5, 5.41) is 13.7. The van der Waals surface area contributed by atoms with Gasteiger partial charge in [-0.05, 0) is 19.8 Å². The average Bonchev–Trinajstić information content (AvgIpc) is 2.73. The second kappa shape index (κ2) is 4.77. The van der Waals surface area contributed by atoms with E-state index in [1.54, 1.807) is 0 Å². The smallest absolute Gasteiger partial charge is 0.276 e. The minimum atomic E-state index is -0.489. The maximum absolute atomic E-state index is 10.7. The lowest BCUT2D eigenvalue weighted by molar-refractivity contribution is -0.384. The molecule has 0 aromatic carbocycles. The zero-order valence-corrected chi connectivity index (χ0v) is 10.2. The van der Waals surface area contributed by atoms with Gasteiger partial charge < -0.3 is 15.8 Å². The number of hydrogen-bond donors (Lipinski definition) is 2. The molecule has 0 saturated carbocycles. The maximum Gasteiger partial charge on any atom is 0.276 e. The van der Waals surface area contributed by atoms with Crippen LogP contribution in [0, 0.1) is 10.1 Å². The molecule has 2 rings (SSSR count). The Kier molecular flexibility index (Phi) is 3.33. The molecule has 1 saturated heterocycles. The fourth-order valence-corrected chi connectivity index (χ4v) is 1.99. The molecule has 1 unspecified atom stereocenters. The van der Waals surface area contributed by atoms with Crippen LogP contribution in [0.3, 0.4) is 0 Å². The van der Waals surface area contributed by atoms with Gasteiger partial charge in [0.2, 0.25) is 0 Å². The number of hydrogen-bond acceptors (Lipinski definition) is 6. The maximum atomic E-state index is 10.7. The lowest BCUT2D eigenvalue weighted by Gasteiger charge is -2.23. The van der Waals surface area contributed by atoms with E-state index in [0.29, 0.717) is 12.4 Å². The van der Waals surface area contributed by atoms with Crippen molar-refractivity contribution in [3.05, 3.63) is 22.2 Å². The number of nitrogens with zero attached hydrogens (tertiary/aromatic N) is 2. The Morgan fingerprint density at radius 3 is 3.06 bits per heavy atom. The van der Waals surface area contributed by atoms with Crippen LogP contribution in [-0.4, -0.2) is 28.7 Å². The highest BCUT2D eigenvalue weighted by molar-refractivity contribution is 5.52. The number of aromatic nitrogens is 1. The Bertz CT molecular complexity index is 458. The minimum absolute atomic E-state index is 0.0671. The Morgan fingerprint density at radius 1 is 1.67 bits per heavy atom. The van der Waals surface area contributed by atoms with Crippen LogP contribution in [-0.2, 0) is 4.74 Å². The predicted molar refractivity (Wildman–Crippen MR) is 67.4 cm³/mol. The number of rotatable bonds is 4. The summed E-state index contributed by atoms with van der Waals surface area (Å²) in [4.78, 5) is 14.2. The predicted octanol–water partition coefficient (Wildman–Crippen LogP) is 1.55. The highest BCUT2D eigenvalue weighted by atomic mass is 16.6. The topological polar surface area (TPSA) is 103 Å². The van der Waals surface area contributed by atoms with Gasteiger partial charge >= 0.3 is 0 Å². The second-order valence-electron chi connectivity index (χ2n) is 4.65. The molecule has 0 aliphatic carbocycles. The Morgan fingerprint density at radius 2 is 2.44 bits per heavy atom. The molecule has 1 aromatic rings. The molecule has 0 bridgehead atoms. The summed E-state index contributed by atoms with van der Waals surface area (Å²) in [6.07, 6.45) is 1.99. The number of nitrogens with two attached hydrogens (primary N) is 1. The summed E-state index contributed by atoms with van der Waals surface area (Å²) in [7, 11) is 0. The molecule has 0 radical (unpaired) electrons. The van der Waals surface area contributed by atoms with Crippen molar-refractivity contribution in [3.63, 3.8) is 0 Å². The molecule has 18 heavy (non-hydrogen) atoms. The van der Waals surface area contributed by atoms with Crippen molar-refractivity contribution in [2.75, 3.05) is 24.2 Å². The van der Waals surface area contributed by atoms with Crippen LogP contribution in [0.5, 0.6) is 0 Å². The molecule has 1 atom stereocenters. The van der Waals surface area contributed by atoms with Crippen molar-refractivity contribution in [2.45, 2.75) is 25.4 Å². The van der Waals surface area contributed by atoms with E-state index in [2.05, 4.69) is 10.3 Å². The molecule has 0 spiro atoms. The SMILES string of the molecule is CC1(CNc2cc([N+](=O)[O-])cc(N)n2)CCCO1. The summed E-state index contributed by atoms with van der Waals surface area (Å²) in [6, 6.07) is 2.60. The minimum Gasteiger partial charge on any atom is -0.383 e. The van der Waals surface area contributed by atoms with Crippen LogP contribution in [0.25, 0.3) is 0 Å². The molecule has 1 aromatic heterocycles. The van der Waals surface area contributed by atoms with Gasteiger partial charge in [-0.2, -0.15) is 0 Å². The monoisotopic (exact) mass is 252 g/mol. The quantitative estimate of drug-likeness (QED) is 0.622. The molecule has 3 N–H and O–H groups in total. The van der Waals surface area contributed by atoms with Crippen molar-refractivity contribution in [2.24, 2.45) is 0 Å². The first-order chi connectivity index (χ1) is 8.48. The van der Waals surface area contributed by atoms with Gasteiger partial charge in [0.1, 0.15) is 11.6 Å². The van der Waals surface area contributed by atoms with Gasteiger partial charge in [0.25, 0.3) is 5.69 Å². The molecule has 98 valence electrons. The summed E-state index contributed by atoms with van der Waals surface area (Å²) in [5.41, 5.74) is 5.22. The van der Waals surface area contributed by atoms with E-state index in [9.17, 15) is 10.1 Å². The second-order valence-corrected chi connectivity index (χ2v) is 4.65. The van der Waals surface area contributed by atoms with E-state index in [1.165, 1.54) is 12.1 Å². The van der Waals surface area contributed by atoms with E-state index < -0.39 is 4.92 Å². The van der Waals surface area contributed by atoms with Crippen LogP contribution in [0.1, 0.15) is 19.8 Å². The van der Waals surface area contributed by atoms with Crippen LogP contribution in [0.15, 0.2) is 12.1 Å². The number of ether oxygens (including phenoxy) is 1. The zero-order chi connectivity index (χ0) is 13.2. The first-order valence-electron chi connectivity index (χ1n) is 5.78. The summed E-state index contributed by atoms with van der Waals surface area (Å²) in [6.45, 7) is 3.32. The molecule has 1 fully saturated rings. The molecule has 1 aliphatic heterocycles. The number of anilines is 2. The van der Waals surface area contributed by atoms with Gasteiger partial charge in [0, 0.05) is 13.2 Å². The Labute approximate surface area is 104 Å². The third kappa shape index (κ3) is 2.86. The first kappa shape index (κ1) is 12.6. The van der Waals surface area contributed by atoms with Gasteiger partial charge in [-0.15, -0.1) is 0 Å². The standard InChI is InChI=1S/C11H16N4O3/c1-11(3-2-4-18-11)7-13-10-6-8(15(16)17)5-9(12)14-10/h5-6H,2-4,7H2,1H3,(H3,12,13,14). The largest absolute Gasteiger partial charge is 0.383 e. The Balaban J connectivity index is 2.07. The van der Waals surface area contributed by atoms with E-state index in [1.807, 2.05) is 6.92 Å². The van der Waals surface area contributed by atoms with E-state index in [-0.39, 0.29) is 17.1 Å². The van der Waals surface area contributed by atoms with Gasteiger partial charge in [0.15, 0.2) is 0 Å². The molecular weight excluding hydrogens is 236 g/mol. The highest BCUT2D eigenvalue weighted by Crippen LogP contribution is 2.26. The molecule has 2 heterocycles. The van der Waals surface area contributed by atoms with Crippen molar-refractivity contribution < 1.29 is 9.66 Å². The van der Waals surface area contributed by atoms with E-state index >= 15 is 0 Å². The van der Waals surface area contributed by atoms with Crippen molar-refractivity contribution >= 4 is 17.3 Å². The van der Waals surface area contributed by atoms with Gasteiger partial charge in [-0.25, -0.2) is 4.98 Å². The average molecular weight is 252 g/mol. The van der Waals surface area contributed by atoms with E-state index in [0.717, 1.165) is 19.4 Å². The molecular formula is C11H16N4O3. The summed E-state index contributed by atoms with van der Waals surface area (Å²) < 4.78 is 5.61. The third-order valence-corrected chi connectivity index (χ3v) is 2.98. The third-order valence-electron chi connectivity index (χ3n) is 2.98. The number of pyridine rings is 1. The molecule has 7 nitrogen and oxygen atoms in total. The molecule has 7 heteroatoms. The molecule has 1 aliphatic rings. The fourth-order valence-electron chi connectivity index (χ4n) is 1.99. The van der Waals surface area contributed by atoms with Crippen LogP contribution < -0.4 is 11.1 Å². The number of nitro groups is 1. The van der Waals surface area contributed by atoms with Crippen molar-refractivity contribution in [3.8, 4) is 0 Å². The van der Waals surface area contributed by atoms with E-state index in [4.69, 9.17) is 10.5 Å². The van der Waals surface area contributed by atoms with Gasteiger partial charge in [0.05, 0.1) is 22.7 Å². The van der Waals surface area contributed by atoms with Crippen LogP contribution >= 0.6 is 0 Å². The lowest BCUT2D eigenvalue weighted by Crippen LogP contribution is -2.32. The van der Waals surface area contributed by atoms with Crippen LogP contribution in [0.2, 0.25) is 0 Å². The Hall–Kier alpha value is -1.89. The van der Waals surface area contributed by atoms with Crippen molar-refractivity contribution in [1.82, 2.24) is 4.98 Å². The first-order valence-corrected chi connectivity index (χ1v) is 5.78. The normalized spacial score (nSPS) is 22.9.